The Morgan fingerprint density at radius 1 is 1.16 bits per heavy atom. The van der Waals surface area contributed by atoms with Crippen LogP contribution in [0.5, 0.6) is 0 Å². The highest BCUT2D eigenvalue weighted by molar-refractivity contribution is 5.02. The van der Waals surface area contributed by atoms with Crippen molar-refractivity contribution in [1.82, 2.24) is 24.6 Å². The van der Waals surface area contributed by atoms with Crippen LogP contribution in [0.3, 0.4) is 0 Å². The number of aromatic nitrogens is 3. The monoisotopic (exact) mass is 265 g/mol. The molecule has 19 heavy (non-hydrogen) atoms. The molecule has 1 atom stereocenters. The summed E-state index contributed by atoms with van der Waals surface area (Å²) < 4.78 is 2.12. The minimum Gasteiger partial charge on any atom is -0.385 e. The minimum absolute atomic E-state index is 0.418. The third-order valence-corrected chi connectivity index (χ3v) is 4.26. The predicted molar refractivity (Wildman–Crippen MR) is 71.9 cm³/mol. The molecular weight excluding hydrogens is 242 g/mol. The third-order valence-electron chi connectivity index (χ3n) is 4.26. The summed E-state index contributed by atoms with van der Waals surface area (Å²) in [4.78, 5) is 4.85. The van der Waals surface area contributed by atoms with Crippen LogP contribution in [0, 0.1) is 0 Å². The van der Waals surface area contributed by atoms with Crippen LogP contribution < -0.4 is 0 Å². The Kier molecular flexibility index (Phi) is 3.81. The summed E-state index contributed by atoms with van der Waals surface area (Å²) in [6.45, 7) is 6.58. The fraction of sp³-hybridized carbons (Fsp3) is 0.846. The molecule has 0 spiro atoms. The molecule has 3 heterocycles. The number of hydrogen-bond acceptors (Lipinski definition) is 5. The minimum atomic E-state index is -0.418. The summed E-state index contributed by atoms with van der Waals surface area (Å²) in [7, 11) is 2.17. The Bertz CT molecular complexity index is 425. The number of aliphatic hydroxyl groups excluding tert-OH is 1. The van der Waals surface area contributed by atoms with Crippen molar-refractivity contribution in [3.05, 3.63) is 11.6 Å². The van der Waals surface area contributed by atoms with E-state index in [1.165, 1.54) is 0 Å². The molecule has 2 aliphatic heterocycles. The Hall–Kier alpha value is -0.980. The first-order valence-electron chi connectivity index (χ1n) is 7.25. The van der Waals surface area contributed by atoms with Gasteiger partial charge in [0, 0.05) is 45.7 Å². The number of nitrogens with zero attached hydrogens (tertiary/aromatic N) is 5. The van der Waals surface area contributed by atoms with Gasteiger partial charge in [0.2, 0.25) is 0 Å². The summed E-state index contributed by atoms with van der Waals surface area (Å²) in [5.74, 6) is 1.80. The lowest BCUT2D eigenvalue weighted by molar-refractivity contribution is 0.132. The van der Waals surface area contributed by atoms with E-state index in [0.717, 1.165) is 70.2 Å². The highest BCUT2D eigenvalue weighted by Crippen LogP contribution is 2.23. The molecule has 106 valence electrons. The second kappa shape index (κ2) is 5.56. The smallest absolute Gasteiger partial charge is 0.161 e. The molecule has 6 nitrogen and oxygen atoms in total. The third kappa shape index (κ3) is 2.80. The van der Waals surface area contributed by atoms with Crippen LogP contribution in [-0.2, 0) is 13.0 Å². The van der Waals surface area contributed by atoms with E-state index in [-0.39, 0.29) is 0 Å². The molecule has 1 fully saturated rings. The molecule has 0 saturated carbocycles. The molecule has 1 unspecified atom stereocenters. The SMILES string of the molecule is CN1CCN(CCc2nnc3n2CCCC3O)CC1. The summed E-state index contributed by atoms with van der Waals surface area (Å²) in [5.41, 5.74) is 0. The van der Waals surface area contributed by atoms with Gasteiger partial charge in [0.05, 0.1) is 0 Å². The normalized spacial score (nSPS) is 25.5. The molecule has 0 amide bonds. The van der Waals surface area contributed by atoms with Crippen LogP contribution in [0.15, 0.2) is 0 Å². The van der Waals surface area contributed by atoms with E-state index >= 15 is 0 Å². The van der Waals surface area contributed by atoms with Crippen molar-refractivity contribution in [1.29, 1.82) is 0 Å². The highest BCUT2D eigenvalue weighted by atomic mass is 16.3. The van der Waals surface area contributed by atoms with Crippen LogP contribution in [-0.4, -0.2) is 69.4 Å². The Morgan fingerprint density at radius 2 is 1.95 bits per heavy atom. The lowest BCUT2D eigenvalue weighted by Crippen LogP contribution is -2.45. The molecule has 0 aromatic carbocycles. The van der Waals surface area contributed by atoms with E-state index < -0.39 is 6.10 Å². The summed E-state index contributed by atoms with van der Waals surface area (Å²) >= 11 is 0. The van der Waals surface area contributed by atoms with Gasteiger partial charge in [0.1, 0.15) is 11.9 Å². The molecule has 1 N–H and O–H groups in total. The summed E-state index contributed by atoms with van der Waals surface area (Å²) in [5, 5.41) is 18.3. The predicted octanol–water partition coefficient (Wildman–Crippen LogP) is -0.105. The second-order valence-corrected chi connectivity index (χ2v) is 5.68. The first-order chi connectivity index (χ1) is 9.24. The van der Waals surface area contributed by atoms with Gasteiger partial charge >= 0.3 is 0 Å². The quantitative estimate of drug-likeness (QED) is 0.827. The van der Waals surface area contributed by atoms with Gasteiger partial charge in [-0.05, 0) is 19.9 Å². The van der Waals surface area contributed by atoms with Crippen molar-refractivity contribution in [2.24, 2.45) is 0 Å². The lowest BCUT2D eigenvalue weighted by atomic mass is 10.1. The van der Waals surface area contributed by atoms with Gasteiger partial charge < -0.3 is 19.5 Å². The zero-order valence-electron chi connectivity index (χ0n) is 11.6. The van der Waals surface area contributed by atoms with Crippen molar-refractivity contribution in [2.75, 3.05) is 39.8 Å². The molecule has 3 rings (SSSR count). The van der Waals surface area contributed by atoms with Crippen LogP contribution >= 0.6 is 0 Å². The first kappa shape index (κ1) is 13.0. The standard InChI is InChI=1S/C13H23N5O/c1-16-7-9-17(10-8-16)6-4-12-14-15-13-11(19)3-2-5-18(12)13/h11,19H,2-10H2,1H3. The zero-order valence-corrected chi connectivity index (χ0v) is 11.6. The maximum atomic E-state index is 9.88. The Labute approximate surface area is 114 Å². The number of piperazine rings is 1. The molecule has 0 radical (unpaired) electrons. The molecule has 0 bridgehead atoms. The molecule has 1 aromatic rings. The van der Waals surface area contributed by atoms with Crippen LogP contribution in [0.25, 0.3) is 0 Å². The number of aliphatic hydroxyl groups is 1. The van der Waals surface area contributed by atoms with Crippen molar-refractivity contribution >= 4 is 0 Å². The molecule has 1 aromatic heterocycles. The average Bonchev–Trinajstić information content (AvgIpc) is 2.83. The fourth-order valence-corrected chi connectivity index (χ4v) is 2.93. The van der Waals surface area contributed by atoms with Gasteiger partial charge in [0.25, 0.3) is 0 Å². The van der Waals surface area contributed by atoms with Gasteiger partial charge in [-0.25, -0.2) is 0 Å². The molecule has 6 heteroatoms. The van der Waals surface area contributed by atoms with Gasteiger partial charge in [-0.15, -0.1) is 10.2 Å². The van der Waals surface area contributed by atoms with E-state index in [1.54, 1.807) is 0 Å². The van der Waals surface area contributed by atoms with E-state index in [1.807, 2.05) is 0 Å². The first-order valence-corrected chi connectivity index (χ1v) is 7.25. The van der Waals surface area contributed by atoms with Crippen molar-refractivity contribution < 1.29 is 5.11 Å². The van der Waals surface area contributed by atoms with E-state index in [4.69, 9.17) is 0 Å². The fourth-order valence-electron chi connectivity index (χ4n) is 2.93. The maximum absolute atomic E-state index is 9.88. The largest absolute Gasteiger partial charge is 0.385 e. The van der Waals surface area contributed by atoms with E-state index in [0.29, 0.717) is 0 Å². The van der Waals surface area contributed by atoms with Gasteiger partial charge in [-0.3, -0.25) is 0 Å². The van der Waals surface area contributed by atoms with E-state index in [9.17, 15) is 5.11 Å². The van der Waals surface area contributed by atoms with Crippen molar-refractivity contribution in [3.63, 3.8) is 0 Å². The molecular formula is C13H23N5O. The number of rotatable bonds is 3. The molecule has 0 aliphatic carbocycles. The number of fused-ring (bicyclic) bond motifs is 1. The summed E-state index contributed by atoms with van der Waals surface area (Å²) in [6.07, 6.45) is 2.35. The summed E-state index contributed by atoms with van der Waals surface area (Å²) in [6, 6.07) is 0. The number of hydrogen-bond donors (Lipinski definition) is 1. The van der Waals surface area contributed by atoms with Crippen LogP contribution in [0.1, 0.15) is 30.6 Å². The molecule has 1 saturated heterocycles. The zero-order chi connectivity index (χ0) is 13.2. The second-order valence-electron chi connectivity index (χ2n) is 5.68. The number of likely N-dealkylation sites (N-methyl/N-ethyl adjacent to an activating group) is 1. The molecule has 2 aliphatic rings. The van der Waals surface area contributed by atoms with Crippen LogP contribution in [0.4, 0.5) is 0 Å². The van der Waals surface area contributed by atoms with E-state index in [2.05, 4.69) is 31.6 Å². The lowest BCUT2D eigenvalue weighted by Gasteiger charge is -2.32. The van der Waals surface area contributed by atoms with Gasteiger partial charge in [0.15, 0.2) is 5.82 Å². The Balaban J connectivity index is 1.58. The average molecular weight is 265 g/mol. The topological polar surface area (TPSA) is 57.4 Å². The van der Waals surface area contributed by atoms with Gasteiger partial charge in [-0.1, -0.05) is 0 Å². The van der Waals surface area contributed by atoms with Gasteiger partial charge in [-0.2, -0.15) is 0 Å². The van der Waals surface area contributed by atoms with Crippen molar-refractivity contribution in [3.8, 4) is 0 Å². The Morgan fingerprint density at radius 3 is 2.74 bits per heavy atom. The van der Waals surface area contributed by atoms with Crippen LogP contribution in [0.2, 0.25) is 0 Å². The van der Waals surface area contributed by atoms with Crippen molar-refractivity contribution in [2.45, 2.75) is 31.9 Å². The highest BCUT2D eigenvalue weighted by Gasteiger charge is 2.23. The maximum Gasteiger partial charge on any atom is 0.161 e.